The number of para-hydroxylation sites is 1. The average molecular weight is 399 g/mol. The van der Waals surface area contributed by atoms with Crippen LogP contribution in [0, 0.1) is 0 Å². The number of hydrogen-bond acceptors (Lipinski definition) is 6. The van der Waals surface area contributed by atoms with Crippen LogP contribution in [0.2, 0.25) is 0 Å². The highest BCUT2D eigenvalue weighted by Crippen LogP contribution is 2.34. The van der Waals surface area contributed by atoms with Crippen molar-refractivity contribution in [3.05, 3.63) is 60.2 Å². The van der Waals surface area contributed by atoms with Gasteiger partial charge in [0.15, 0.2) is 23.0 Å². The second kappa shape index (κ2) is 10.2. The Hall–Kier alpha value is -2.70. The van der Waals surface area contributed by atoms with Crippen molar-refractivity contribution in [1.29, 1.82) is 0 Å². The molecule has 0 aliphatic carbocycles. The third kappa shape index (κ3) is 5.43. The summed E-state index contributed by atoms with van der Waals surface area (Å²) in [4.78, 5) is 2.20. The Balaban J connectivity index is 1.80. The van der Waals surface area contributed by atoms with Gasteiger partial charge < -0.3 is 24.1 Å². The van der Waals surface area contributed by atoms with E-state index in [-0.39, 0.29) is 6.79 Å². The molecular formula is C23H29NO5. The van der Waals surface area contributed by atoms with E-state index in [4.69, 9.17) is 18.9 Å². The molecule has 1 aliphatic heterocycles. The lowest BCUT2D eigenvalue weighted by atomic mass is 10.1. The van der Waals surface area contributed by atoms with Gasteiger partial charge in [-0.15, -0.1) is 6.58 Å². The van der Waals surface area contributed by atoms with E-state index in [2.05, 4.69) is 11.5 Å². The number of aliphatic hydroxyl groups excluding tert-OH is 1. The van der Waals surface area contributed by atoms with Gasteiger partial charge in [0.2, 0.25) is 6.79 Å². The maximum atomic E-state index is 10.5. The molecule has 1 atom stereocenters. The van der Waals surface area contributed by atoms with Crippen LogP contribution in [0.3, 0.4) is 0 Å². The first-order valence-electron chi connectivity index (χ1n) is 9.74. The van der Waals surface area contributed by atoms with E-state index in [9.17, 15) is 5.11 Å². The van der Waals surface area contributed by atoms with E-state index in [0.717, 1.165) is 29.0 Å². The van der Waals surface area contributed by atoms with Gasteiger partial charge in [-0.3, -0.25) is 4.90 Å². The molecule has 156 valence electrons. The fourth-order valence-electron chi connectivity index (χ4n) is 3.50. The Morgan fingerprint density at radius 2 is 1.97 bits per heavy atom. The molecule has 1 N–H and O–H groups in total. The molecule has 6 heteroatoms. The van der Waals surface area contributed by atoms with E-state index < -0.39 is 6.10 Å². The Bertz CT molecular complexity index is 823. The van der Waals surface area contributed by atoms with Crippen molar-refractivity contribution < 1.29 is 24.1 Å². The molecule has 0 saturated carbocycles. The molecule has 0 fully saturated rings. The molecule has 1 aliphatic rings. The van der Waals surface area contributed by atoms with Crippen molar-refractivity contribution in [3.8, 4) is 23.0 Å². The first-order chi connectivity index (χ1) is 14.1. The Labute approximate surface area is 172 Å². The third-order valence-electron chi connectivity index (χ3n) is 4.89. The second-order valence-corrected chi connectivity index (χ2v) is 7.03. The van der Waals surface area contributed by atoms with Gasteiger partial charge in [0, 0.05) is 25.2 Å². The third-order valence-corrected chi connectivity index (χ3v) is 4.89. The lowest BCUT2D eigenvalue weighted by molar-refractivity contribution is 0.0978. The van der Waals surface area contributed by atoms with Crippen molar-refractivity contribution in [2.24, 2.45) is 0 Å². The number of hydrogen-bond donors (Lipinski definition) is 1. The molecule has 0 bridgehead atoms. The standard InChI is InChI=1S/C23H29NO5/c1-4-5-8-19(25)15-24(13-17-10-11-20-22(12-17)29-16-28-20)14-18-7-6-9-21(26-2)23(18)27-3/h4,6-7,9-12,19,25H,1,5,8,13-16H2,2-3H3/t19-/m1/s1. The van der Waals surface area contributed by atoms with Crippen LogP contribution in [0.4, 0.5) is 0 Å². The summed E-state index contributed by atoms with van der Waals surface area (Å²) in [6.45, 7) is 5.79. The van der Waals surface area contributed by atoms with Crippen molar-refractivity contribution in [2.45, 2.75) is 32.0 Å². The topological polar surface area (TPSA) is 60.4 Å². The predicted molar refractivity (Wildman–Crippen MR) is 112 cm³/mol. The van der Waals surface area contributed by atoms with Crippen LogP contribution in [0.5, 0.6) is 23.0 Å². The molecular weight excluding hydrogens is 370 g/mol. The number of methoxy groups -OCH3 is 2. The van der Waals surface area contributed by atoms with Gasteiger partial charge in [0.1, 0.15) is 0 Å². The van der Waals surface area contributed by atoms with Crippen LogP contribution >= 0.6 is 0 Å². The Morgan fingerprint density at radius 3 is 2.72 bits per heavy atom. The first kappa shape index (κ1) is 21.0. The van der Waals surface area contributed by atoms with Crippen LogP contribution in [0.25, 0.3) is 0 Å². The second-order valence-electron chi connectivity index (χ2n) is 7.03. The summed E-state index contributed by atoms with van der Waals surface area (Å²) >= 11 is 0. The van der Waals surface area contributed by atoms with E-state index in [1.165, 1.54) is 0 Å². The largest absolute Gasteiger partial charge is 0.493 e. The summed E-state index contributed by atoms with van der Waals surface area (Å²) in [5.74, 6) is 2.93. The molecule has 2 aromatic rings. The molecule has 0 aromatic heterocycles. The highest BCUT2D eigenvalue weighted by molar-refractivity contribution is 5.47. The van der Waals surface area contributed by atoms with Gasteiger partial charge in [0.05, 0.1) is 20.3 Å². The van der Waals surface area contributed by atoms with Crippen molar-refractivity contribution in [1.82, 2.24) is 4.90 Å². The Morgan fingerprint density at radius 1 is 1.14 bits per heavy atom. The van der Waals surface area contributed by atoms with E-state index >= 15 is 0 Å². The van der Waals surface area contributed by atoms with E-state index in [0.29, 0.717) is 37.6 Å². The zero-order valence-corrected chi connectivity index (χ0v) is 17.1. The fourth-order valence-corrected chi connectivity index (χ4v) is 3.50. The minimum atomic E-state index is -0.446. The molecule has 29 heavy (non-hydrogen) atoms. The number of nitrogens with zero attached hydrogens (tertiary/aromatic N) is 1. The zero-order chi connectivity index (χ0) is 20.6. The summed E-state index contributed by atoms with van der Waals surface area (Å²) < 4.78 is 21.9. The minimum Gasteiger partial charge on any atom is -0.493 e. The number of benzene rings is 2. The quantitative estimate of drug-likeness (QED) is 0.581. The summed E-state index contributed by atoms with van der Waals surface area (Å²) in [6.07, 6.45) is 2.84. The number of ether oxygens (including phenoxy) is 4. The summed E-state index contributed by atoms with van der Waals surface area (Å²) in [5.41, 5.74) is 2.09. The summed E-state index contributed by atoms with van der Waals surface area (Å²) in [6, 6.07) is 11.8. The van der Waals surface area contributed by atoms with E-state index in [1.807, 2.05) is 42.5 Å². The fraction of sp³-hybridized carbons (Fsp3) is 0.391. The van der Waals surface area contributed by atoms with Crippen LogP contribution in [0.1, 0.15) is 24.0 Å². The highest BCUT2D eigenvalue weighted by atomic mass is 16.7. The molecule has 0 unspecified atom stereocenters. The molecule has 0 saturated heterocycles. The Kier molecular flexibility index (Phi) is 7.38. The van der Waals surface area contributed by atoms with Gasteiger partial charge >= 0.3 is 0 Å². The van der Waals surface area contributed by atoms with Crippen LogP contribution in [0.15, 0.2) is 49.1 Å². The van der Waals surface area contributed by atoms with Crippen LogP contribution in [-0.4, -0.2) is 43.7 Å². The number of rotatable bonds is 11. The molecule has 3 rings (SSSR count). The molecule has 0 radical (unpaired) electrons. The number of allylic oxidation sites excluding steroid dienone is 1. The smallest absolute Gasteiger partial charge is 0.231 e. The molecule has 6 nitrogen and oxygen atoms in total. The van der Waals surface area contributed by atoms with Gasteiger partial charge in [0.25, 0.3) is 0 Å². The average Bonchev–Trinajstić information content (AvgIpc) is 3.19. The zero-order valence-electron chi connectivity index (χ0n) is 17.1. The number of fused-ring (bicyclic) bond motifs is 1. The van der Waals surface area contributed by atoms with Gasteiger partial charge in [-0.2, -0.15) is 0 Å². The molecule has 1 heterocycles. The minimum absolute atomic E-state index is 0.254. The van der Waals surface area contributed by atoms with Gasteiger partial charge in [-0.25, -0.2) is 0 Å². The lowest BCUT2D eigenvalue weighted by Crippen LogP contribution is -2.32. The van der Waals surface area contributed by atoms with Crippen molar-refractivity contribution in [3.63, 3.8) is 0 Å². The van der Waals surface area contributed by atoms with E-state index in [1.54, 1.807) is 14.2 Å². The maximum Gasteiger partial charge on any atom is 0.231 e. The van der Waals surface area contributed by atoms with Gasteiger partial charge in [-0.05, 0) is 36.6 Å². The first-order valence-corrected chi connectivity index (χ1v) is 9.74. The number of aliphatic hydroxyl groups is 1. The van der Waals surface area contributed by atoms with Crippen molar-refractivity contribution in [2.75, 3.05) is 27.6 Å². The lowest BCUT2D eigenvalue weighted by Gasteiger charge is -2.26. The highest BCUT2D eigenvalue weighted by Gasteiger charge is 2.19. The van der Waals surface area contributed by atoms with Crippen LogP contribution in [-0.2, 0) is 13.1 Å². The predicted octanol–water partition coefficient (Wildman–Crippen LogP) is 3.76. The summed E-state index contributed by atoms with van der Waals surface area (Å²) in [5, 5.41) is 10.5. The van der Waals surface area contributed by atoms with Crippen LogP contribution < -0.4 is 18.9 Å². The molecule has 2 aromatic carbocycles. The molecule has 0 amide bonds. The van der Waals surface area contributed by atoms with Gasteiger partial charge in [-0.1, -0.05) is 24.3 Å². The molecule has 0 spiro atoms. The maximum absolute atomic E-state index is 10.5. The summed E-state index contributed by atoms with van der Waals surface area (Å²) in [7, 11) is 3.27. The SMILES string of the molecule is C=CCC[C@@H](O)CN(Cc1ccc2c(c1)OCO2)Cc1cccc(OC)c1OC. The normalized spacial score (nSPS) is 13.4. The van der Waals surface area contributed by atoms with Crippen molar-refractivity contribution >= 4 is 0 Å². The monoisotopic (exact) mass is 399 g/mol.